The summed E-state index contributed by atoms with van der Waals surface area (Å²) in [5.41, 5.74) is 2.09. The minimum absolute atomic E-state index is 0.0728. The van der Waals surface area contributed by atoms with Gasteiger partial charge in [0.25, 0.3) is 5.91 Å². The van der Waals surface area contributed by atoms with Crippen LogP contribution >= 0.6 is 0 Å². The van der Waals surface area contributed by atoms with Crippen molar-refractivity contribution in [3.63, 3.8) is 0 Å². The van der Waals surface area contributed by atoms with E-state index in [4.69, 9.17) is 4.74 Å². The van der Waals surface area contributed by atoms with Crippen molar-refractivity contribution in [2.24, 2.45) is 0 Å². The standard InChI is InChI=1S/C13H16N2O2/c16-13-8-17-12-4-3-9(6-11(12)15-13)10-2-1-5-14-7-10/h3-4,6,10,14H,1-2,5,7-8H2,(H,15,16). The van der Waals surface area contributed by atoms with Crippen LogP contribution in [0.3, 0.4) is 0 Å². The van der Waals surface area contributed by atoms with E-state index in [0.29, 0.717) is 5.92 Å². The molecular formula is C13H16N2O2. The van der Waals surface area contributed by atoms with Crippen LogP contribution in [-0.2, 0) is 4.79 Å². The number of piperidine rings is 1. The van der Waals surface area contributed by atoms with Crippen molar-refractivity contribution in [2.75, 3.05) is 25.0 Å². The Bertz CT molecular complexity index is 439. The Morgan fingerprint density at radius 1 is 1.35 bits per heavy atom. The van der Waals surface area contributed by atoms with Crippen molar-refractivity contribution in [3.05, 3.63) is 23.8 Å². The minimum atomic E-state index is -0.0728. The number of hydrogen-bond acceptors (Lipinski definition) is 3. The number of amides is 1. The Labute approximate surface area is 100 Å². The molecule has 1 amide bonds. The van der Waals surface area contributed by atoms with Crippen LogP contribution in [0.5, 0.6) is 5.75 Å². The second kappa shape index (κ2) is 4.37. The third-order valence-electron chi connectivity index (χ3n) is 3.40. The maximum atomic E-state index is 11.3. The van der Waals surface area contributed by atoms with Crippen molar-refractivity contribution in [1.29, 1.82) is 0 Å². The SMILES string of the molecule is O=C1COc2ccc(C3CCCNC3)cc2N1. The first kappa shape index (κ1) is 10.6. The van der Waals surface area contributed by atoms with Gasteiger partial charge < -0.3 is 15.4 Å². The van der Waals surface area contributed by atoms with Gasteiger partial charge in [-0.25, -0.2) is 0 Å². The molecule has 4 nitrogen and oxygen atoms in total. The lowest BCUT2D eigenvalue weighted by Crippen LogP contribution is -2.29. The van der Waals surface area contributed by atoms with Gasteiger partial charge in [-0.15, -0.1) is 0 Å². The topological polar surface area (TPSA) is 50.4 Å². The highest BCUT2D eigenvalue weighted by Gasteiger charge is 2.20. The van der Waals surface area contributed by atoms with Crippen LogP contribution in [0.4, 0.5) is 5.69 Å². The molecule has 2 N–H and O–H groups in total. The summed E-state index contributed by atoms with van der Waals surface area (Å²) in [4.78, 5) is 11.3. The first-order valence-corrected chi connectivity index (χ1v) is 6.10. The van der Waals surface area contributed by atoms with Crippen molar-refractivity contribution in [3.8, 4) is 5.75 Å². The van der Waals surface area contributed by atoms with Gasteiger partial charge in [-0.3, -0.25) is 4.79 Å². The molecule has 0 bridgehead atoms. The van der Waals surface area contributed by atoms with Crippen molar-refractivity contribution in [1.82, 2.24) is 5.32 Å². The van der Waals surface area contributed by atoms with E-state index in [1.807, 2.05) is 12.1 Å². The summed E-state index contributed by atoms with van der Waals surface area (Å²) in [6.45, 7) is 2.26. The number of carbonyl (C=O) groups excluding carboxylic acids is 1. The number of hydrogen-bond donors (Lipinski definition) is 2. The molecule has 2 aliphatic rings. The van der Waals surface area contributed by atoms with E-state index in [0.717, 1.165) is 24.5 Å². The Kier molecular flexibility index (Phi) is 2.73. The molecule has 1 aromatic rings. The fraction of sp³-hybridized carbons (Fsp3) is 0.462. The second-order valence-electron chi connectivity index (χ2n) is 4.64. The van der Waals surface area contributed by atoms with Gasteiger partial charge in [0.15, 0.2) is 6.61 Å². The molecule has 1 saturated heterocycles. The predicted octanol–water partition coefficient (Wildman–Crippen LogP) is 1.48. The molecule has 2 heterocycles. The predicted molar refractivity (Wildman–Crippen MR) is 65.4 cm³/mol. The molecule has 1 aromatic carbocycles. The van der Waals surface area contributed by atoms with E-state index in [1.165, 1.54) is 18.4 Å². The lowest BCUT2D eigenvalue weighted by atomic mass is 9.91. The minimum Gasteiger partial charge on any atom is -0.482 e. The van der Waals surface area contributed by atoms with Crippen LogP contribution in [0.2, 0.25) is 0 Å². The molecule has 90 valence electrons. The zero-order valence-corrected chi connectivity index (χ0v) is 9.66. The van der Waals surface area contributed by atoms with E-state index in [2.05, 4.69) is 16.7 Å². The van der Waals surface area contributed by atoms with E-state index in [1.54, 1.807) is 0 Å². The summed E-state index contributed by atoms with van der Waals surface area (Å²) in [6.07, 6.45) is 2.42. The molecule has 3 rings (SSSR count). The van der Waals surface area contributed by atoms with Gasteiger partial charge in [0.1, 0.15) is 5.75 Å². The highest BCUT2D eigenvalue weighted by atomic mass is 16.5. The Morgan fingerprint density at radius 2 is 2.29 bits per heavy atom. The molecule has 17 heavy (non-hydrogen) atoms. The lowest BCUT2D eigenvalue weighted by molar-refractivity contribution is -0.118. The zero-order valence-electron chi connectivity index (χ0n) is 9.66. The summed E-state index contributed by atoms with van der Waals surface area (Å²) >= 11 is 0. The fourth-order valence-electron chi connectivity index (χ4n) is 2.49. The smallest absolute Gasteiger partial charge is 0.262 e. The van der Waals surface area contributed by atoms with Crippen molar-refractivity contribution >= 4 is 11.6 Å². The highest BCUT2D eigenvalue weighted by molar-refractivity contribution is 5.95. The first-order valence-electron chi connectivity index (χ1n) is 6.10. The maximum Gasteiger partial charge on any atom is 0.262 e. The number of rotatable bonds is 1. The molecule has 0 aromatic heterocycles. The van der Waals surface area contributed by atoms with Gasteiger partial charge in [-0.05, 0) is 43.0 Å². The molecule has 0 spiro atoms. The number of ether oxygens (including phenoxy) is 1. The van der Waals surface area contributed by atoms with Gasteiger partial charge in [0, 0.05) is 6.54 Å². The lowest BCUT2D eigenvalue weighted by Gasteiger charge is -2.25. The van der Waals surface area contributed by atoms with E-state index in [9.17, 15) is 4.79 Å². The molecule has 0 radical (unpaired) electrons. The van der Waals surface area contributed by atoms with Gasteiger partial charge >= 0.3 is 0 Å². The number of fused-ring (bicyclic) bond motifs is 1. The van der Waals surface area contributed by atoms with Gasteiger partial charge in [0.2, 0.25) is 0 Å². The summed E-state index contributed by atoms with van der Waals surface area (Å²) < 4.78 is 5.35. The van der Waals surface area contributed by atoms with Crippen LogP contribution in [0.1, 0.15) is 24.3 Å². The summed E-state index contributed by atoms with van der Waals surface area (Å²) in [6, 6.07) is 6.11. The Balaban J connectivity index is 1.86. The van der Waals surface area contributed by atoms with Crippen molar-refractivity contribution in [2.45, 2.75) is 18.8 Å². The summed E-state index contributed by atoms with van der Waals surface area (Å²) in [5.74, 6) is 1.25. The number of benzene rings is 1. The molecule has 1 atom stereocenters. The second-order valence-corrected chi connectivity index (χ2v) is 4.64. The Morgan fingerprint density at radius 3 is 3.12 bits per heavy atom. The van der Waals surface area contributed by atoms with Crippen LogP contribution in [-0.4, -0.2) is 25.6 Å². The molecule has 4 heteroatoms. The van der Waals surface area contributed by atoms with E-state index >= 15 is 0 Å². The highest BCUT2D eigenvalue weighted by Crippen LogP contribution is 2.32. The number of nitrogens with one attached hydrogen (secondary N) is 2. The van der Waals surface area contributed by atoms with Gasteiger partial charge in [0.05, 0.1) is 5.69 Å². The average molecular weight is 232 g/mol. The number of carbonyl (C=O) groups is 1. The Hall–Kier alpha value is -1.55. The third-order valence-corrected chi connectivity index (χ3v) is 3.40. The van der Waals surface area contributed by atoms with Crippen molar-refractivity contribution < 1.29 is 9.53 Å². The number of anilines is 1. The van der Waals surface area contributed by atoms with Crippen LogP contribution < -0.4 is 15.4 Å². The maximum absolute atomic E-state index is 11.3. The fourth-order valence-corrected chi connectivity index (χ4v) is 2.49. The van der Waals surface area contributed by atoms with Crippen LogP contribution in [0.25, 0.3) is 0 Å². The average Bonchev–Trinajstić information content (AvgIpc) is 2.39. The largest absolute Gasteiger partial charge is 0.482 e. The molecular weight excluding hydrogens is 216 g/mol. The van der Waals surface area contributed by atoms with E-state index in [-0.39, 0.29) is 12.5 Å². The van der Waals surface area contributed by atoms with Crippen LogP contribution in [0, 0.1) is 0 Å². The molecule has 2 aliphatic heterocycles. The summed E-state index contributed by atoms with van der Waals surface area (Å²) in [7, 11) is 0. The zero-order chi connectivity index (χ0) is 11.7. The quantitative estimate of drug-likeness (QED) is 0.771. The summed E-state index contributed by atoms with van der Waals surface area (Å²) in [5, 5.41) is 6.26. The van der Waals surface area contributed by atoms with Gasteiger partial charge in [-0.2, -0.15) is 0 Å². The van der Waals surface area contributed by atoms with Crippen LogP contribution in [0.15, 0.2) is 18.2 Å². The molecule has 1 unspecified atom stereocenters. The monoisotopic (exact) mass is 232 g/mol. The molecule has 1 fully saturated rings. The van der Waals surface area contributed by atoms with E-state index < -0.39 is 0 Å². The molecule has 0 aliphatic carbocycles. The molecule has 0 saturated carbocycles. The third kappa shape index (κ3) is 2.13. The first-order chi connectivity index (χ1) is 8.33. The van der Waals surface area contributed by atoms with Gasteiger partial charge in [-0.1, -0.05) is 6.07 Å². The normalized spacial score (nSPS) is 23.5.